The highest BCUT2D eigenvalue weighted by atomic mass is 16.2. The summed E-state index contributed by atoms with van der Waals surface area (Å²) in [6.07, 6.45) is 4.91. The molecule has 1 saturated carbocycles. The summed E-state index contributed by atoms with van der Waals surface area (Å²) in [6, 6.07) is 0. The highest BCUT2D eigenvalue weighted by Crippen LogP contribution is 2.30. The van der Waals surface area contributed by atoms with E-state index in [1.807, 2.05) is 14.1 Å². The molecule has 4 nitrogen and oxygen atoms in total. The number of hydrogen-bond acceptors (Lipinski definition) is 3. The number of nitrogens with two attached hydrogens (primary N) is 1. The minimum atomic E-state index is -0.615. The Morgan fingerprint density at radius 1 is 1.53 bits per heavy atom. The van der Waals surface area contributed by atoms with E-state index in [1.165, 1.54) is 6.42 Å². The molecular weight excluding hydrogens is 214 g/mol. The molecule has 1 fully saturated rings. The number of nitrogens with one attached hydrogen (secondary N) is 1. The Kier molecular flexibility index (Phi) is 5.40. The lowest BCUT2D eigenvalue weighted by Gasteiger charge is -2.35. The van der Waals surface area contributed by atoms with Crippen molar-refractivity contribution in [2.75, 3.05) is 27.2 Å². The summed E-state index contributed by atoms with van der Waals surface area (Å²) >= 11 is 0. The van der Waals surface area contributed by atoms with Crippen LogP contribution in [0, 0.1) is 5.92 Å². The van der Waals surface area contributed by atoms with Crippen LogP contribution in [-0.2, 0) is 4.79 Å². The monoisotopic (exact) mass is 241 g/mol. The third-order valence-corrected chi connectivity index (χ3v) is 3.55. The number of hydrogen-bond donors (Lipinski definition) is 2. The molecular formula is C13H27N3O. The molecule has 0 bridgehead atoms. The van der Waals surface area contributed by atoms with Gasteiger partial charge in [-0.15, -0.1) is 0 Å². The van der Waals surface area contributed by atoms with Gasteiger partial charge in [0.25, 0.3) is 0 Å². The zero-order valence-corrected chi connectivity index (χ0v) is 11.5. The second-order valence-electron chi connectivity index (χ2n) is 5.77. The van der Waals surface area contributed by atoms with Crippen LogP contribution in [0.2, 0.25) is 0 Å². The molecule has 0 aromatic rings. The Bertz CT molecular complexity index is 255. The fourth-order valence-electron chi connectivity index (χ4n) is 2.57. The maximum absolute atomic E-state index is 12.1. The van der Waals surface area contributed by atoms with E-state index < -0.39 is 5.54 Å². The summed E-state index contributed by atoms with van der Waals surface area (Å²) in [5, 5.41) is 2.98. The maximum Gasteiger partial charge on any atom is 0.240 e. The van der Waals surface area contributed by atoms with Crippen molar-refractivity contribution in [2.45, 2.75) is 44.6 Å². The average molecular weight is 241 g/mol. The molecule has 0 aliphatic heterocycles. The van der Waals surface area contributed by atoms with Crippen molar-refractivity contribution >= 4 is 5.91 Å². The highest BCUT2D eigenvalue weighted by Gasteiger charge is 2.37. The van der Waals surface area contributed by atoms with E-state index >= 15 is 0 Å². The number of rotatable bonds is 5. The lowest BCUT2D eigenvalue weighted by molar-refractivity contribution is -0.128. The third-order valence-electron chi connectivity index (χ3n) is 3.55. The summed E-state index contributed by atoms with van der Waals surface area (Å²) < 4.78 is 0. The molecule has 0 spiro atoms. The van der Waals surface area contributed by atoms with Gasteiger partial charge in [0.05, 0.1) is 5.54 Å². The van der Waals surface area contributed by atoms with Crippen LogP contribution in [0.1, 0.15) is 39.0 Å². The summed E-state index contributed by atoms with van der Waals surface area (Å²) in [6.45, 7) is 3.90. The predicted octanol–water partition coefficient (Wildman–Crippen LogP) is 0.962. The van der Waals surface area contributed by atoms with Crippen molar-refractivity contribution in [3.05, 3.63) is 0 Å². The van der Waals surface area contributed by atoms with E-state index in [2.05, 4.69) is 17.1 Å². The number of carbonyl (C=O) groups excluding carboxylic acids is 1. The molecule has 1 aliphatic rings. The molecule has 1 rings (SSSR count). The quantitative estimate of drug-likeness (QED) is 0.705. The summed E-state index contributed by atoms with van der Waals surface area (Å²) in [5.41, 5.74) is 5.60. The molecule has 1 amide bonds. The molecule has 17 heavy (non-hydrogen) atoms. The number of nitrogens with zero attached hydrogens (tertiary/aromatic N) is 1. The van der Waals surface area contributed by atoms with E-state index in [-0.39, 0.29) is 5.91 Å². The van der Waals surface area contributed by atoms with Crippen LogP contribution in [0.15, 0.2) is 0 Å². The van der Waals surface area contributed by atoms with Crippen molar-refractivity contribution in [2.24, 2.45) is 11.7 Å². The second-order valence-corrected chi connectivity index (χ2v) is 5.77. The van der Waals surface area contributed by atoms with Gasteiger partial charge in [0.1, 0.15) is 0 Å². The molecule has 2 atom stereocenters. The normalized spacial score (nSPS) is 29.4. The fraction of sp³-hybridized carbons (Fsp3) is 0.923. The van der Waals surface area contributed by atoms with Gasteiger partial charge < -0.3 is 16.0 Å². The van der Waals surface area contributed by atoms with Gasteiger partial charge >= 0.3 is 0 Å². The van der Waals surface area contributed by atoms with Crippen LogP contribution in [0.3, 0.4) is 0 Å². The van der Waals surface area contributed by atoms with Crippen LogP contribution in [0.25, 0.3) is 0 Å². The third kappa shape index (κ3) is 4.64. The smallest absolute Gasteiger partial charge is 0.240 e. The van der Waals surface area contributed by atoms with Crippen LogP contribution < -0.4 is 11.1 Å². The topological polar surface area (TPSA) is 58.4 Å². The Morgan fingerprint density at radius 3 is 2.82 bits per heavy atom. The molecule has 0 radical (unpaired) electrons. The van der Waals surface area contributed by atoms with Gasteiger partial charge in [-0.05, 0) is 45.8 Å². The highest BCUT2D eigenvalue weighted by molar-refractivity contribution is 5.86. The Morgan fingerprint density at radius 2 is 2.24 bits per heavy atom. The van der Waals surface area contributed by atoms with Crippen molar-refractivity contribution in [3.63, 3.8) is 0 Å². The van der Waals surface area contributed by atoms with Crippen LogP contribution in [-0.4, -0.2) is 43.5 Å². The van der Waals surface area contributed by atoms with Gasteiger partial charge in [-0.25, -0.2) is 0 Å². The van der Waals surface area contributed by atoms with Gasteiger partial charge in [-0.3, -0.25) is 4.79 Å². The molecule has 4 heteroatoms. The zero-order valence-electron chi connectivity index (χ0n) is 11.5. The zero-order chi connectivity index (χ0) is 12.9. The first-order chi connectivity index (χ1) is 7.94. The number of carbonyl (C=O) groups is 1. The molecule has 100 valence electrons. The summed E-state index contributed by atoms with van der Waals surface area (Å²) in [5.74, 6) is 0.615. The van der Waals surface area contributed by atoms with Crippen molar-refractivity contribution in [3.8, 4) is 0 Å². The van der Waals surface area contributed by atoms with Gasteiger partial charge in [0.15, 0.2) is 0 Å². The first-order valence-electron chi connectivity index (χ1n) is 6.66. The lowest BCUT2D eigenvalue weighted by Crippen LogP contribution is -2.56. The molecule has 2 unspecified atom stereocenters. The first-order valence-corrected chi connectivity index (χ1v) is 6.66. The van der Waals surface area contributed by atoms with Crippen molar-refractivity contribution < 1.29 is 4.79 Å². The van der Waals surface area contributed by atoms with Gasteiger partial charge in [0, 0.05) is 6.54 Å². The van der Waals surface area contributed by atoms with Crippen LogP contribution >= 0.6 is 0 Å². The molecule has 1 aliphatic carbocycles. The van der Waals surface area contributed by atoms with Crippen molar-refractivity contribution in [1.82, 2.24) is 10.2 Å². The molecule has 0 heterocycles. The molecule has 0 aromatic carbocycles. The molecule has 0 aromatic heterocycles. The fourth-order valence-corrected chi connectivity index (χ4v) is 2.57. The Labute approximate surface area is 105 Å². The second kappa shape index (κ2) is 6.36. The van der Waals surface area contributed by atoms with E-state index in [9.17, 15) is 4.79 Å². The SMILES string of the molecule is CC1CCCC(N)(C(=O)NCCCN(C)C)C1. The molecule has 0 saturated heterocycles. The maximum atomic E-state index is 12.1. The average Bonchev–Trinajstić information content (AvgIpc) is 2.23. The van der Waals surface area contributed by atoms with Gasteiger partial charge in [-0.1, -0.05) is 19.8 Å². The van der Waals surface area contributed by atoms with Gasteiger partial charge in [0.2, 0.25) is 5.91 Å². The van der Waals surface area contributed by atoms with E-state index in [4.69, 9.17) is 5.73 Å². The first kappa shape index (κ1) is 14.5. The number of amides is 1. The Balaban J connectivity index is 2.30. The standard InChI is InChI=1S/C13H27N3O/c1-11-6-4-7-13(14,10-11)12(17)15-8-5-9-16(2)3/h11H,4-10,14H2,1-3H3,(H,15,17). The van der Waals surface area contributed by atoms with Crippen LogP contribution in [0.4, 0.5) is 0 Å². The summed E-state index contributed by atoms with van der Waals surface area (Å²) in [4.78, 5) is 14.2. The van der Waals surface area contributed by atoms with Gasteiger partial charge in [-0.2, -0.15) is 0 Å². The molecule has 3 N–H and O–H groups in total. The predicted molar refractivity (Wildman–Crippen MR) is 70.7 cm³/mol. The van der Waals surface area contributed by atoms with E-state index in [0.717, 1.165) is 38.8 Å². The van der Waals surface area contributed by atoms with E-state index in [0.29, 0.717) is 5.92 Å². The van der Waals surface area contributed by atoms with Crippen molar-refractivity contribution in [1.29, 1.82) is 0 Å². The van der Waals surface area contributed by atoms with Crippen LogP contribution in [0.5, 0.6) is 0 Å². The minimum absolute atomic E-state index is 0.0443. The largest absolute Gasteiger partial charge is 0.354 e. The minimum Gasteiger partial charge on any atom is -0.354 e. The lowest BCUT2D eigenvalue weighted by atomic mass is 9.76. The summed E-state index contributed by atoms with van der Waals surface area (Å²) in [7, 11) is 4.07. The Hall–Kier alpha value is -0.610. The van der Waals surface area contributed by atoms with E-state index in [1.54, 1.807) is 0 Å².